The van der Waals surface area contributed by atoms with Gasteiger partial charge in [-0.1, -0.05) is 64.7 Å². The van der Waals surface area contributed by atoms with Gasteiger partial charge < -0.3 is 138 Å². The first-order valence-electron chi connectivity index (χ1n) is 29.0. The van der Waals surface area contributed by atoms with Gasteiger partial charge in [0.25, 0.3) is 0 Å². The Morgan fingerprint density at radius 2 is 0.744 bits per heavy atom. The maximum Gasteiger partial charge on any atom is 0.305 e. The molecule has 15 N–H and O–H groups in total. The molecule has 6 fully saturated rings. The minimum absolute atomic E-state index is 0.235. The zero-order valence-corrected chi connectivity index (χ0v) is 47.4. The van der Waals surface area contributed by atoms with Gasteiger partial charge in [-0.15, -0.1) is 0 Å². The van der Waals surface area contributed by atoms with E-state index in [2.05, 4.69) is 6.92 Å². The third-order valence-corrected chi connectivity index (χ3v) is 16.3. The summed E-state index contributed by atoms with van der Waals surface area (Å²) in [6.07, 6.45) is -42.0. The van der Waals surface area contributed by atoms with Crippen LogP contribution in [-0.2, 0) is 66.4 Å². The zero-order chi connectivity index (χ0) is 60.3. The number of methoxy groups -OCH3 is 1. The van der Waals surface area contributed by atoms with Gasteiger partial charge in [-0.25, -0.2) is 0 Å². The molecular formula is C53H94O29. The van der Waals surface area contributed by atoms with Gasteiger partial charge in [0.15, 0.2) is 37.7 Å². The number of esters is 1. The highest BCUT2D eigenvalue weighted by Gasteiger charge is 2.58. The van der Waals surface area contributed by atoms with E-state index in [4.69, 9.17) is 61.6 Å². The Hall–Kier alpha value is -1.61. The predicted molar refractivity (Wildman–Crippen MR) is 274 cm³/mol. The zero-order valence-electron chi connectivity index (χ0n) is 47.4. The molecule has 0 saturated carbocycles. The monoisotopic (exact) mass is 1190 g/mol. The number of rotatable bonds is 28. The van der Waals surface area contributed by atoms with Gasteiger partial charge in [0.1, 0.15) is 122 Å². The summed E-state index contributed by atoms with van der Waals surface area (Å²) in [4.78, 5) is 11.5. The molecule has 480 valence electrons. The molecule has 0 radical (unpaired) electrons. The first-order chi connectivity index (χ1) is 39.0. The number of ether oxygens (including phenoxy) is 13. The van der Waals surface area contributed by atoms with E-state index in [0.29, 0.717) is 19.3 Å². The molecule has 82 heavy (non-hydrogen) atoms. The first-order valence-corrected chi connectivity index (χ1v) is 29.0. The highest BCUT2D eigenvalue weighted by molar-refractivity contribution is 5.68. The average molecular weight is 1200 g/mol. The van der Waals surface area contributed by atoms with Crippen molar-refractivity contribution < 1.29 is 143 Å². The largest absolute Gasteiger partial charge is 0.469 e. The Morgan fingerprint density at radius 3 is 1.22 bits per heavy atom. The van der Waals surface area contributed by atoms with Crippen LogP contribution < -0.4 is 0 Å². The second-order valence-corrected chi connectivity index (χ2v) is 22.5. The molecule has 31 unspecified atom stereocenters. The lowest BCUT2D eigenvalue weighted by atomic mass is 9.95. The molecule has 0 aliphatic carbocycles. The summed E-state index contributed by atoms with van der Waals surface area (Å²) in [6.45, 7) is 5.85. The number of carbonyl (C=O) groups excluding carboxylic acids is 1. The van der Waals surface area contributed by atoms with E-state index >= 15 is 0 Å². The van der Waals surface area contributed by atoms with E-state index in [1.54, 1.807) is 0 Å². The number of unbranched alkanes of at least 4 members (excludes halogenated alkanes) is 8. The van der Waals surface area contributed by atoms with Gasteiger partial charge in [-0.2, -0.15) is 0 Å². The van der Waals surface area contributed by atoms with Crippen LogP contribution >= 0.6 is 0 Å². The Bertz CT molecular complexity index is 1850. The third-order valence-electron chi connectivity index (χ3n) is 16.3. The van der Waals surface area contributed by atoms with Crippen molar-refractivity contribution in [2.45, 2.75) is 308 Å². The summed E-state index contributed by atoms with van der Waals surface area (Å²) >= 11 is 0. The molecular weight excluding hydrogens is 1100 g/mol. The Labute approximate surface area is 476 Å². The fourth-order valence-electron chi connectivity index (χ4n) is 11.1. The van der Waals surface area contributed by atoms with Crippen LogP contribution in [0.25, 0.3) is 0 Å². The van der Waals surface area contributed by atoms with Crippen molar-refractivity contribution in [3.8, 4) is 0 Å². The minimum Gasteiger partial charge on any atom is -0.469 e. The van der Waals surface area contributed by atoms with E-state index in [-0.39, 0.29) is 5.97 Å². The van der Waals surface area contributed by atoms with Crippen LogP contribution in [0.15, 0.2) is 0 Å². The first kappa shape index (κ1) is 69.5. The Balaban J connectivity index is 1.27. The van der Waals surface area contributed by atoms with E-state index in [9.17, 15) is 81.4 Å². The molecule has 6 heterocycles. The molecule has 6 rings (SSSR count). The highest BCUT2D eigenvalue weighted by Crippen LogP contribution is 2.39. The number of aliphatic hydroxyl groups excluding tert-OH is 15. The molecule has 0 aromatic rings. The van der Waals surface area contributed by atoms with Crippen molar-refractivity contribution >= 4 is 5.97 Å². The van der Waals surface area contributed by atoms with Crippen molar-refractivity contribution in [3.05, 3.63) is 0 Å². The van der Waals surface area contributed by atoms with Crippen LogP contribution in [0.5, 0.6) is 0 Å². The van der Waals surface area contributed by atoms with Crippen LogP contribution in [0, 0.1) is 0 Å². The van der Waals surface area contributed by atoms with Crippen molar-refractivity contribution in [2.75, 3.05) is 20.3 Å². The number of hydrogen-bond donors (Lipinski definition) is 15. The lowest BCUT2D eigenvalue weighted by molar-refractivity contribution is -0.414. The standard InChI is InChI=1S/C53H94O29/c1-7-8-14-17-26(18-15-12-10-9-11-13-16-19-29(56)70-6)75-51-45(37(64)32(59)24(4)73-51)82-53-47(39(66)34(61)28(21-55)77-53)81-50-42(69)44(43(25(5)74-50)78-48-40(67)35(62)30(57)22(2)71-48)79-52-46(38(65)33(60)27(20-54)76-52)80-49-41(68)36(63)31(58)23(3)72-49/h22-28,30-55,57-69H,7-21H2,1-6H3. The lowest BCUT2D eigenvalue weighted by Crippen LogP contribution is -2.69. The molecule has 31 atom stereocenters. The molecule has 0 aromatic heterocycles. The molecule has 29 nitrogen and oxygen atoms in total. The summed E-state index contributed by atoms with van der Waals surface area (Å²) in [5, 5.41) is 166. The van der Waals surface area contributed by atoms with E-state index in [1.165, 1.54) is 34.8 Å². The maximum absolute atomic E-state index is 12.5. The number of aliphatic hydroxyl groups is 15. The smallest absolute Gasteiger partial charge is 0.305 e. The van der Waals surface area contributed by atoms with Crippen molar-refractivity contribution in [3.63, 3.8) is 0 Å². The maximum atomic E-state index is 12.5. The minimum atomic E-state index is -2.19. The van der Waals surface area contributed by atoms with Crippen molar-refractivity contribution in [2.24, 2.45) is 0 Å². The lowest BCUT2D eigenvalue weighted by Gasteiger charge is -2.51. The fourth-order valence-corrected chi connectivity index (χ4v) is 11.1. The van der Waals surface area contributed by atoms with E-state index in [1.807, 2.05) is 0 Å². The van der Waals surface area contributed by atoms with Crippen LogP contribution in [0.1, 0.15) is 118 Å². The van der Waals surface area contributed by atoms with Crippen LogP contribution in [0.4, 0.5) is 0 Å². The average Bonchev–Trinajstić information content (AvgIpc) is 2.79. The quantitative estimate of drug-likeness (QED) is 0.0260. The summed E-state index contributed by atoms with van der Waals surface area (Å²) in [5.74, 6) is -0.235. The molecule has 6 saturated heterocycles. The SMILES string of the molecule is CCCCCC(CCCCCCCCCC(=O)OC)OC1OC(C)C(O)C(O)C1OC1OC(CO)C(O)C(O)C1OC1OC(C)C(OC2OC(C)C(O)C(O)C2O)C(OC2OC(CO)C(O)C(O)C2OC2OC(C)C(O)C(O)C2O)C1O. The molecule has 6 aliphatic rings. The van der Waals surface area contributed by atoms with Gasteiger partial charge in [-0.3, -0.25) is 4.79 Å². The normalized spacial score (nSPS) is 46.1. The summed E-state index contributed by atoms with van der Waals surface area (Å²) in [7, 11) is 1.37. The molecule has 0 amide bonds. The third kappa shape index (κ3) is 17.2. The predicted octanol–water partition coefficient (Wildman–Crippen LogP) is -4.33. The Kier molecular flexibility index (Phi) is 27.6. The fraction of sp³-hybridized carbons (Fsp3) is 0.981. The Morgan fingerprint density at radius 1 is 0.378 bits per heavy atom. The van der Waals surface area contributed by atoms with Gasteiger partial charge >= 0.3 is 5.97 Å². The van der Waals surface area contributed by atoms with Gasteiger partial charge in [-0.05, 0) is 47.0 Å². The second kappa shape index (κ2) is 32.6. The van der Waals surface area contributed by atoms with Crippen LogP contribution in [0.2, 0.25) is 0 Å². The highest BCUT2D eigenvalue weighted by atomic mass is 16.8. The second-order valence-electron chi connectivity index (χ2n) is 22.5. The van der Waals surface area contributed by atoms with Crippen LogP contribution in [0.3, 0.4) is 0 Å². The van der Waals surface area contributed by atoms with Gasteiger partial charge in [0, 0.05) is 6.42 Å². The summed E-state index contributed by atoms with van der Waals surface area (Å²) in [5.41, 5.74) is 0. The van der Waals surface area contributed by atoms with Gasteiger partial charge in [0.05, 0.1) is 50.8 Å². The summed E-state index contributed by atoms with van der Waals surface area (Å²) in [6, 6.07) is 0. The molecule has 0 spiro atoms. The molecule has 0 bridgehead atoms. The number of carbonyl (C=O) groups is 1. The molecule has 6 aliphatic heterocycles. The molecule has 29 heteroatoms. The molecule has 0 aromatic carbocycles. The summed E-state index contributed by atoms with van der Waals surface area (Å²) < 4.78 is 77.9. The van der Waals surface area contributed by atoms with Gasteiger partial charge in [0.2, 0.25) is 0 Å². The van der Waals surface area contributed by atoms with Crippen molar-refractivity contribution in [1.29, 1.82) is 0 Å². The van der Waals surface area contributed by atoms with Crippen LogP contribution in [-0.4, -0.2) is 293 Å². The topological polar surface area (TPSA) is 441 Å². The van der Waals surface area contributed by atoms with Crippen molar-refractivity contribution in [1.82, 2.24) is 0 Å². The van der Waals surface area contributed by atoms with E-state index < -0.39 is 204 Å². The number of hydrogen-bond acceptors (Lipinski definition) is 29. The van der Waals surface area contributed by atoms with E-state index in [0.717, 1.165) is 64.2 Å².